The summed E-state index contributed by atoms with van der Waals surface area (Å²) in [5.41, 5.74) is 0. The van der Waals surface area contributed by atoms with Crippen molar-refractivity contribution < 1.29 is 19.2 Å². The second-order valence-corrected chi connectivity index (χ2v) is 5.83. The van der Waals surface area contributed by atoms with Crippen LogP contribution in [0.15, 0.2) is 4.52 Å². The Morgan fingerprint density at radius 2 is 2.10 bits per heavy atom. The smallest absolute Gasteiger partial charge is 0.315 e. The van der Waals surface area contributed by atoms with Gasteiger partial charge in [-0.3, -0.25) is 9.59 Å². The molecule has 1 N–H and O–H groups in total. The van der Waals surface area contributed by atoms with Crippen LogP contribution in [0.5, 0.6) is 0 Å². The molecule has 0 aliphatic carbocycles. The van der Waals surface area contributed by atoms with Gasteiger partial charge in [0, 0.05) is 24.9 Å². The summed E-state index contributed by atoms with van der Waals surface area (Å²) in [6.45, 7) is 6.40. The molecular weight excluding hydrogens is 274 g/mol. The lowest BCUT2D eigenvalue weighted by atomic mass is 9.96. The Morgan fingerprint density at radius 3 is 2.67 bits per heavy atom. The molecular formula is C14H21N3O4. The maximum atomic E-state index is 12.1. The molecule has 0 saturated carbocycles. The standard InChI is InChI=1S/C14H21N3O4/c1-8(2)12-15-11(16-21-12)10-5-4-6-17(7-10)13(18)9(3)14(19)20/h8-10H,4-7H2,1-3H3,(H,19,20). The molecule has 0 aromatic carbocycles. The number of piperidine rings is 1. The lowest BCUT2D eigenvalue weighted by molar-refractivity contribution is -0.150. The highest BCUT2D eigenvalue weighted by Crippen LogP contribution is 2.26. The maximum Gasteiger partial charge on any atom is 0.315 e. The summed E-state index contributed by atoms with van der Waals surface area (Å²) in [6, 6.07) is 0. The van der Waals surface area contributed by atoms with Gasteiger partial charge in [-0.1, -0.05) is 19.0 Å². The third-order valence-electron chi connectivity index (χ3n) is 3.79. The van der Waals surface area contributed by atoms with Gasteiger partial charge in [0.15, 0.2) is 5.82 Å². The SMILES string of the molecule is CC(C(=O)O)C(=O)N1CCCC(c2noc(C(C)C)n2)C1. The Hall–Kier alpha value is -1.92. The number of likely N-dealkylation sites (tertiary alicyclic amines) is 1. The van der Waals surface area contributed by atoms with Crippen molar-refractivity contribution in [3.63, 3.8) is 0 Å². The highest BCUT2D eigenvalue weighted by atomic mass is 16.5. The van der Waals surface area contributed by atoms with Crippen molar-refractivity contribution in [3.8, 4) is 0 Å². The van der Waals surface area contributed by atoms with Crippen molar-refractivity contribution in [1.82, 2.24) is 15.0 Å². The molecule has 21 heavy (non-hydrogen) atoms. The number of carboxylic acids is 1. The zero-order valence-corrected chi connectivity index (χ0v) is 12.6. The van der Waals surface area contributed by atoms with E-state index < -0.39 is 11.9 Å². The van der Waals surface area contributed by atoms with Crippen molar-refractivity contribution in [1.29, 1.82) is 0 Å². The fraction of sp³-hybridized carbons (Fsp3) is 0.714. The average molecular weight is 295 g/mol. The Balaban J connectivity index is 2.06. The van der Waals surface area contributed by atoms with E-state index >= 15 is 0 Å². The molecule has 1 aromatic rings. The number of aliphatic carboxylic acids is 1. The monoisotopic (exact) mass is 295 g/mol. The maximum absolute atomic E-state index is 12.1. The van der Waals surface area contributed by atoms with Crippen LogP contribution >= 0.6 is 0 Å². The molecule has 0 bridgehead atoms. The molecule has 7 heteroatoms. The summed E-state index contributed by atoms with van der Waals surface area (Å²) >= 11 is 0. The Kier molecular flexibility index (Phi) is 4.59. The van der Waals surface area contributed by atoms with Crippen LogP contribution in [0.1, 0.15) is 57.2 Å². The van der Waals surface area contributed by atoms with Crippen molar-refractivity contribution in [3.05, 3.63) is 11.7 Å². The number of carbonyl (C=O) groups is 2. The quantitative estimate of drug-likeness (QED) is 0.848. The topological polar surface area (TPSA) is 96.5 Å². The van der Waals surface area contributed by atoms with E-state index in [0.29, 0.717) is 24.8 Å². The first-order valence-corrected chi connectivity index (χ1v) is 7.25. The predicted molar refractivity (Wildman–Crippen MR) is 73.7 cm³/mol. The molecule has 1 saturated heterocycles. The van der Waals surface area contributed by atoms with Gasteiger partial charge < -0.3 is 14.5 Å². The predicted octanol–water partition coefficient (Wildman–Crippen LogP) is 1.62. The number of hydrogen-bond donors (Lipinski definition) is 1. The first-order valence-electron chi connectivity index (χ1n) is 7.25. The number of nitrogens with zero attached hydrogens (tertiary/aromatic N) is 3. The Morgan fingerprint density at radius 1 is 1.38 bits per heavy atom. The zero-order valence-electron chi connectivity index (χ0n) is 12.6. The Bertz CT molecular complexity index is 526. The summed E-state index contributed by atoms with van der Waals surface area (Å²) in [4.78, 5) is 29.0. The number of carboxylic acid groups (broad SMARTS) is 1. The normalized spacial score (nSPS) is 20.6. The van der Waals surface area contributed by atoms with Gasteiger partial charge in [-0.05, 0) is 19.8 Å². The number of carbonyl (C=O) groups excluding carboxylic acids is 1. The van der Waals surface area contributed by atoms with Gasteiger partial charge in [0.1, 0.15) is 5.92 Å². The van der Waals surface area contributed by atoms with Gasteiger partial charge in [0.25, 0.3) is 0 Å². The van der Waals surface area contributed by atoms with Crippen LogP contribution in [0.25, 0.3) is 0 Å². The first-order chi connectivity index (χ1) is 9.90. The fourth-order valence-corrected chi connectivity index (χ4v) is 2.42. The molecule has 1 fully saturated rings. The van der Waals surface area contributed by atoms with Crippen LogP contribution in [-0.4, -0.2) is 45.1 Å². The first kappa shape index (κ1) is 15.5. The third-order valence-corrected chi connectivity index (χ3v) is 3.79. The van der Waals surface area contributed by atoms with Crippen LogP contribution in [0.4, 0.5) is 0 Å². The van der Waals surface area contributed by atoms with E-state index in [0.717, 1.165) is 12.8 Å². The molecule has 2 heterocycles. The van der Waals surface area contributed by atoms with E-state index in [9.17, 15) is 9.59 Å². The molecule has 2 unspecified atom stereocenters. The summed E-state index contributed by atoms with van der Waals surface area (Å²) in [5.74, 6) is -1.07. The third kappa shape index (κ3) is 3.40. The summed E-state index contributed by atoms with van der Waals surface area (Å²) in [7, 11) is 0. The van der Waals surface area contributed by atoms with Gasteiger partial charge in [-0.15, -0.1) is 0 Å². The second-order valence-electron chi connectivity index (χ2n) is 5.83. The van der Waals surface area contributed by atoms with E-state index in [4.69, 9.17) is 9.63 Å². The van der Waals surface area contributed by atoms with Crippen LogP contribution in [-0.2, 0) is 9.59 Å². The number of aromatic nitrogens is 2. The minimum atomic E-state index is -1.09. The minimum Gasteiger partial charge on any atom is -0.481 e. The fourth-order valence-electron chi connectivity index (χ4n) is 2.42. The minimum absolute atomic E-state index is 0.0138. The van der Waals surface area contributed by atoms with Crippen molar-refractivity contribution in [2.75, 3.05) is 13.1 Å². The van der Waals surface area contributed by atoms with E-state index in [1.807, 2.05) is 13.8 Å². The summed E-state index contributed by atoms with van der Waals surface area (Å²) < 4.78 is 5.20. The van der Waals surface area contributed by atoms with E-state index in [2.05, 4.69) is 10.1 Å². The molecule has 1 aliphatic heterocycles. The van der Waals surface area contributed by atoms with Gasteiger partial charge >= 0.3 is 5.97 Å². The van der Waals surface area contributed by atoms with Crippen molar-refractivity contribution in [2.24, 2.45) is 5.92 Å². The van der Waals surface area contributed by atoms with Crippen LogP contribution in [0, 0.1) is 5.92 Å². The van der Waals surface area contributed by atoms with E-state index in [1.165, 1.54) is 6.92 Å². The number of hydrogen-bond acceptors (Lipinski definition) is 5. The molecule has 2 atom stereocenters. The molecule has 0 radical (unpaired) electrons. The molecule has 1 aliphatic rings. The van der Waals surface area contributed by atoms with Crippen LogP contribution in [0.3, 0.4) is 0 Å². The highest BCUT2D eigenvalue weighted by molar-refractivity contribution is 5.96. The lowest BCUT2D eigenvalue weighted by Crippen LogP contribution is -2.43. The highest BCUT2D eigenvalue weighted by Gasteiger charge is 2.32. The number of amides is 1. The molecule has 7 nitrogen and oxygen atoms in total. The van der Waals surface area contributed by atoms with Crippen LogP contribution in [0.2, 0.25) is 0 Å². The lowest BCUT2D eigenvalue weighted by Gasteiger charge is -2.32. The van der Waals surface area contributed by atoms with Crippen LogP contribution < -0.4 is 0 Å². The summed E-state index contributed by atoms with van der Waals surface area (Å²) in [5, 5.41) is 12.9. The van der Waals surface area contributed by atoms with E-state index in [-0.39, 0.29) is 17.7 Å². The Labute approximate surface area is 123 Å². The van der Waals surface area contributed by atoms with Gasteiger partial charge in [-0.25, -0.2) is 0 Å². The van der Waals surface area contributed by atoms with Gasteiger partial charge in [0.05, 0.1) is 0 Å². The molecule has 1 amide bonds. The largest absolute Gasteiger partial charge is 0.481 e. The molecule has 1 aromatic heterocycles. The number of rotatable bonds is 4. The van der Waals surface area contributed by atoms with Crippen molar-refractivity contribution in [2.45, 2.75) is 45.4 Å². The van der Waals surface area contributed by atoms with Gasteiger partial charge in [0.2, 0.25) is 11.8 Å². The average Bonchev–Trinajstić information content (AvgIpc) is 2.95. The molecule has 0 spiro atoms. The second kappa shape index (κ2) is 6.24. The summed E-state index contributed by atoms with van der Waals surface area (Å²) in [6.07, 6.45) is 1.69. The van der Waals surface area contributed by atoms with Gasteiger partial charge in [-0.2, -0.15) is 4.98 Å². The van der Waals surface area contributed by atoms with E-state index in [1.54, 1.807) is 4.90 Å². The zero-order chi connectivity index (χ0) is 15.6. The molecule has 116 valence electrons. The van der Waals surface area contributed by atoms with Crippen molar-refractivity contribution >= 4 is 11.9 Å². The molecule has 2 rings (SSSR count).